The molecule has 0 radical (unpaired) electrons. The Bertz CT molecular complexity index is 785. The third kappa shape index (κ3) is 4.52. The van der Waals surface area contributed by atoms with Gasteiger partial charge in [-0.05, 0) is 44.1 Å². The molecule has 1 aromatic carbocycles. The van der Waals surface area contributed by atoms with Gasteiger partial charge in [0, 0.05) is 50.7 Å². The summed E-state index contributed by atoms with van der Waals surface area (Å²) in [5.74, 6) is 0.852. The summed E-state index contributed by atoms with van der Waals surface area (Å²) < 4.78 is 0. The fourth-order valence-corrected chi connectivity index (χ4v) is 6.16. The van der Waals surface area contributed by atoms with Gasteiger partial charge in [-0.2, -0.15) is 0 Å². The summed E-state index contributed by atoms with van der Waals surface area (Å²) >= 11 is 0. The molecule has 5 heteroatoms. The van der Waals surface area contributed by atoms with Gasteiger partial charge in [0.15, 0.2) is 0 Å². The standard InChI is InChI=1S/C26H37N3O2/c30-24(22-11-12-22)27-15-7-10-23(19-27)25(31)28-16-17-29(18-21-8-3-1-4-9-21)26(20-28)13-5-2-6-14-26/h1,3-4,8-9,22-23H,2,5-7,10-20H2/t23-/m1/s1. The molecule has 0 aromatic heterocycles. The van der Waals surface area contributed by atoms with Crippen LogP contribution in [0.2, 0.25) is 0 Å². The number of hydrogen-bond acceptors (Lipinski definition) is 3. The van der Waals surface area contributed by atoms with Crippen LogP contribution in [0.3, 0.4) is 0 Å². The molecule has 31 heavy (non-hydrogen) atoms. The van der Waals surface area contributed by atoms with Crippen molar-refractivity contribution in [1.29, 1.82) is 0 Å². The van der Waals surface area contributed by atoms with Crippen LogP contribution in [0.1, 0.15) is 63.4 Å². The van der Waals surface area contributed by atoms with E-state index in [2.05, 4.69) is 40.1 Å². The molecule has 5 nitrogen and oxygen atoms in total. The molecule has 2 heterocycles. The van der Waals surface area contributed by atoms with Crippen LogP contribution in [0.15, 0.2) is 30.3 Å². The van der Waals surface area contributed by atoms with Crippen LogP contribution in [-0.4, -0.2) is 64.8 Å². The van der Waals surface area contributed by atoms with Gasteiger partial charge in [0.2, 0.25) is 11.8 Å². The molecule has 2 aliphatic heterocycles. The summed E-state index contributed by atoms with van der Waals surface area (Å²) in [7, 11) is 0. The number of amides is 2. The molecule has 0 N–H and O–H groups in total. The number of carbonyl (C=O) groups is 2. The van der Waals surface area contributed by atoms with Gasteiger partial charge in [-0.15, -0.1) is 0 Å². The lowest BCUT2D eigenvalue weighted by atomic mass is 9.78. The monoisotopic (exact) mass is 423 g/mol. The fraction of sp³-hybridized carbons (Fsp3) is 0.692. The maximum Gasteiger partial charge on any atom is 0.227 e. The highest BCUT2D eigenvalue weighted by Crippen LogP contribution is 2.38. The smallest absolute Gasteiger partial charge is 0.227 e. The second-order valence-electron chi connectivity index (χ2n) is 10.3. The minimum atomic E-state index is -0.00207. The minimum absolute atomic E-state index is 0.00207. The molecule has 0 bridgehead atoms. The first kappa shape index (κ1) is 21.0. The quantitative estimate of drug-likeness (QED) is 0.742. The number of hydrogen-bond donors (Lipinski definition) is 0. The van der Waals surface area contributed by atoms with Crippen molar-refractivity contribution in [2.24, 2.45) is 11.8 Å². The topological polar surface area (TPSA) is 43.9 Å². The number of benzene rings is 1. The van der Waals surface area contributed by atoms with Crippen LogP contribution in [0.5, 0.6) is 0 Å². The molecule has 1 spiro atoms. The van der Waals surface area contributed by atoms with E-state index in [1.807, 2.05) is 4.90 Å². The minimum Gasteiger partial charge on any atom is -0.342 e. The van der Waals surface area contributed by atoms with Crippen LogP contribution in [0, 0.1) is 11.8 Å². The Balaban J connectivity index is 1.27. The number of rotatable bonds is 4. The molecule has 4 fully saturated rings. The molecule has 2 aliphatic carbocycles. The number of nitrogens with zero attached hydrogens (tertiary/aromatic N) is 3. The Labute approximate surface area is 186 Å². The van der Waals surface area contributed by atoms with Crippen LogP contribution in [0.4, 0.5) is 0 Å². The molecule has 2 amide bonds. The highest BCUT2D eigenvalue weighted by Gasteiger charge is 2.45. The summed E-state index contributed by atoms with van der Waals surface area (Å²) in [6.45, 7) is 5.11. The van der Waals surface area contributed by atoms with Crippen molar-refractivity contribution in [1.82, 2.24) is 14.7 Å². The molecular formula is C26H37N3O2. The maximum absolute atomic E-state index is 13.6. The fourth-order valence-electron chi connectivity index (χ4n) is 6.16. The number of piperazine rings is 1. The summed E-state index contributed by atoms with van der Waals surface area (Å²) in [5.41, 5.74) is 1.49. The average Bonchev–Trinajstić information content (AvgIpc) is 3.66. The lowest BCUT2D eigenvalue weighted by Gasteiger charge is -2.53. The molecule has 1 atom stereocenters. The average molecular weight is 424 g/mol. The van der Waals surface area contributed by atoms with Gasteiger partial charge >= 0.3 is 0 Å². The molecule has 2 saturated carbocycles. The summed E-state index contributed by atoms with van der Waals surface area (Å²) in [4.78, 5) is 33.0. The van der Waals surface area contributed by atoms with Crippen LogP contribution in [0.25, 0.3) is 0 Å². The van der Waals surface area contributed by atoms with E-state index >= 15 is 0 Å². The Morgan fingerprint density at radius 3 is 2.29 bits per heavy atom. The van der Waals surface area contributed by atoms with Crippen molar-refractivity contribution in [2.75, 3.05) is 32.7 Å². The van der Waals surface area contributed by atoms with E-state index in [0.717, 1.165) is 58.4 Å². The Hall–Kier alpha value is -1.88. The van der Waals surface area contributed by atoms with Gasteiger partial charge in [-0.3, -0.25) is 14.5 Å². The molecule has 0 unspecified atom stereocenters. The zero-order valence-corrected chi connectivity index (χ0v) is 18.8. The molecule has 168 valence electrons. The van der Waals surface area contributed by atoms with Crippen molar-refractivity contribution in [3.8, 4) is 0 Å². The van der Waals surface area contributed by atoms with E-state index in [1.54, 1.807) is 0 Å². The summed E-state index contributed by atoms with van der Waals surface area (Å²) in [5, 5.41) is 0. The second-order valence-corrected chi connectivity index (χ2v) is 10.3. The zero-order valence-electron chi connectivity index (χ0n) is 18.8. The molecule has 5 rings (SSSR count). The molecular weight excluding hydrogens is 386 g/mol. The first-order valence-corrected chi connectivity index (χ1v) is 12.5. The molecule has 1 aromatic rings. The number of carbonyl (C=O) groups excluding carboxylic acids is 2. The number of piperidine rings is 1. The Morgan fingerprint density at radius 1 is 0.806 bits per heavy atom. The number of likely N-dealkylation sites (tertiary alicyclic amines) is 1. The Morgan fingerprint density at radius 2 is 1.55 bits per heavy atom. The van der Waals surface area contributed by atoms with E-state index in [9.17, 15) is 9.59 Å². The largest absolute Gasteiger partial charge is 0.342 e. The molecule has 2 saturated heterocycles. The van der Waals surface area contributed by atoms with Crippen LogP contribution >= 0.6 is 0 Å². The van der Waals surface area contributed by atoms with E-state index in [1.165, 1.54) is 37.7 Å². The van der Waals surface area contributed by atoms with Gasteiger partial charge in [-0.1, -0.05) is 49.6 Å². The zero-order chi connectivity index (χ0) is 21.3. The SMILES string of the molecule is O=C(C1CC1)N1CCC[C@@H](C(=O)N2CCN(Cc3ccccc3)C3(CCCCC3)C2)C1. The maximum atomic E-state index is 13.6. The summed E-state index contributed by atoms with van der Waals surface area (Å²) in [6.07, 6.45) is 10.2. The van der Waals surface area contributed by atoms with Gasteiger partial charge in [-0.25, -0.2) is 0 Å². The van der Waals surface area contributed by atoms with Crippen LogP contribution in [-0.2, 0) is 16.1 Å². The van der Waals surface area contributed by atoms with E-state index in [4.69, 9.17) is 0 Å². The Kier molecular flexibility index (Phi) is 6.05. The van der Waals surface area contributed by atoms with Crippen LogP contribution < -0.4 is 0 Å². The third-order valence-corrected chi connectivity index (χ3v) is 8.12. The lowest BCUT2D eigenvalue weighted by Crippen LogP contribution is -2.64. The predicted octanol–water partition coefficient (Wildman–Crippen LogP) is 3.68. The molecule has 4 aliphatic rings. The highest BCUT2D eigenvalue weighted by atomic mass is 16.2. The van der Waals surface area contributed by atoms with Crippen molar-refractivity contribution >= 4 is 11.8 Å². The summed E-state index contributed by atoms with van der Waals surface area (Å²) in [6, 6.07) is 10.8. The van der Waals surface area contributed by atoms with Gasteiger partial charge < -0.3 is 9.80 Å². The first-order valence-electron chi connectivity index (χ1n) is 12.5. The normalized spacial score (nSPS) is 26.8. The lowest BCUT2D eigenvalue weighted by molar-refractivity contribution is -0.147. The second kappa shape index (κ2) is 8.93. The van der Waals surface area contributed by atoms with Gasteiger partial charge in [0.25, 0.3) is 0 Å². The van der Waals surface area contributed by atoms with Crippen molar-refractivity contribution < 1.29 is 9.59 Å². The van der Waals surface area contributed by atoms with E-state index in [0.29, 0.717) is 18.4 Å². The van der Waals surface area contributed by atoms with Crippen molar-refractivity contribution in [2.45, 2.75) is 69.9 Å². The van der Waals surface area contributed by atoms with E-state index in [-0.39, 0.29) is 17.4 Å². The van der Waals surface area contributed by atoms with E-state index < -0.39 is 0 Å². The van der Waals surface area contributed by atoms with Crippen molar-refractivity contribution in [3.05, 3.63) is 35.9 Å². The third-order valence-electron chi connectivity index (χ3n) is 8.12. The van der Waals surface area contributed by atoms with Crippen molar-refractivity contribution in [3.63, 3.8) is 0 Å². The van der Waals surface area contributed by atoms with Gasteiger partial charge in [0.1, 0.15) is 0 Å². The predicted molar refractivity (Wildman–Crippen MR) is 121 cm³/mol. The first-order chi connectivity index (χ1) is 15.1. The highest BCUT2D eigenvalue weighted by molar-refractivity contribution is 5.83. The van der Waals surface area contributed by atoms with Gasteiger partial charge in [0.05, 0.1) is 5.92 Å².